The number of rotatable bonds is 7. The van der Waals surface area contributed by atoms with Crippen LogP contribution >= 0.6 is 34.2 Å². The molecule has 8 nitrogen and oxygen atoms in total. The molecule has 0 aromatic heterocycles. The highest BCUT2D eigenvalue weighted by molar-refractivity contribution is 14.1. The van der Waals surface area contributed by atoms with Gasteiger partial charge in [-0.05, 0) is 95.2 Å². The number of phenolic OH excluding ortho intramolecular Hbond substituents is 1. The van der Waals surface area contributed by atoms with Crippen molar-refractivity contribution < 1.29 is 29.0 Å². The first kappa shape index (κ1) is 25.5. The standard InChI is InChI=1S/C26H20ClIN2O6/c1-2-35-22-13-16(12-21(28)23(22)31)11-20-24(32)29-26(34)30(25(20)33)18-7-9-19(10-8-18)36-14-15-3-5-17(27)6-4-15/h3-13,31H,2,14H2,1H3,(H,29,32,34)/b20-11+. The van der Waals surface area contributed by atoms with Crippen LogP contribution in [-0.4, -0.2) is 29.6 Å². The van der Waals surface area contributed by atoms with Gasteiger partial charge in [0, 0.05) is 5.02 Å². The Labute approximate surface area is 225 Å². The highest BCUT2D eigenvalue weighted by atomic mass is 127. The third-order valence-electron chi connectivity index (χ3n) is 5.18. The third-order valence-corrected chi connectivity index (χ3v) is 6.25. The third kappa shape index (κ3) is 5.63. The molecular formula is C26H20ClIN2O6. The van der Waals surface area contributed by atoms with E-state index in [0.29, 0.717) is 33.1 Å². The maximum Gasteiger partial charge on any atom is 0.335 e. The highest BCUT2D eigenvalue weighted by Gasteiger charge is 2.36. The van der Waals surface area contributed by atoms with Gasteiger partial charge in [-0.3, -0.25) is 14.9 Å². The summed E-state index contributed by atoms with van der Waals surface area (Å²) in [6.45, 7) is 2.41. The zero-order chi connectivity index (χ0) is 25.8. The number of halogens is 2. The Hall–Kier alpha value is -3.57. The number of nitrogens with zero attached hydrogens (tertiary/aromatic N) is 1. The minimum Gasteiger partial charge on any atom is -0.504 e. The summed E-state index contributed by atoms with van der Waals surface area (Å²) in [5, 5.41) is 13.0. The first-order chi connectivity index (χ1) is 17.3. The molecule has 4 rings (SSSR count). The van der Waals surface area contributed by atoms with Gasteiger partial charge in [0.2, 0.25) is 0 Å². The van der Waals surface area contributed by atoms with Crippen LogP contribution in [0.25, 0.3) is 6.08 Å². The molecule has 36 heavy (non-hydrogen) atoms. The number of carbonyl (C=O) groups is 3. The van der Waals surface area contributed by atoms with Gasteiger partial charge in [0.15, 0.2) is 11.5 Å². The lowest BCUT2D eigenvalue weighted by Gasteiger charge is -2.26. The predicted molar refractivity (Wildman–Crippen MR) is 143 cm³/mol. The second kappa shape index (κ2) is 11.0. The number of imide groups is 2. The SMILES string of the molecule is CCOc1cc(/C=C2\C(=O)NC(=O)N(c3ccc(OCc4ccc(Cl)cc4)cc3)C2=O)cc(I)c1O. The minimum atomic E-state index is -0.854. The topological polar surface area (TPSA) is 105 Å². The van der Waals surface area contributed by atoms with E-state index in [2.05, 4.69) is 5.32 Å². The molecule has 1 aliphatic heterocycles. The quantitative estimate of drug-likeness (QED) is 0.212. The number of aromatic hydroxyl groups is 1. The normalized spacial score (nSPS) is 14.7. The van der Waals surface area contributed by atoms with E-state index in [1.54, 1.807) is 49.4 Å². The number of carbonyl (C=O) groups excluding carboxylic acids is 3. The highest BCUT2D eigenvalue weighted by Crippen LogP contribution is 2.34. The number of urea groups is 1. The summed E-state index contributed by atoms with van der Waals surface area (Å²) in [6, 6.07) is 15.9. The fourth-order valence-electron chi connectivity index (χ4n) is 3.44. The summed E-state index contributed by atoms with van der Waals surface area (Å²) in [7, 11) is 0. The molecule has 4 amide bonds. The van der Waals surface area contributed by atoms with Gasteiger partial charge in [-0.1, -0.05) is 23.7 Å². The molecule has 0 saturated carbocycles. The van der Waals surface area contributed by atoms with Crippen LogP contribution in [0.4, 0.5) is 10.5 Å². The van der Waals surface area contributed by atoms with Crippen LogP contribution < -0.4 is 19.7 Å². The molecule has 3 aromatic carbocycles. The second-order valence-corrected chi connectivity index (χ2v) is 9.25. The van der Waals surface area contributed by atoms with Crippen LogP contribution in [0.5, 0.6) is 17.2 Å². The molecule has 0 unspecified atom stereocenters. The molecule has 1 fully saturated rings. The summed E-state index contributed by atoms with van der Waals surface area (Å²) in [5.41, 5.74) is 1.42. The Morgan fingerprint density at radius 2 is 1.72 bits per heavy atom. The predicted octanol–water partition coefficient (Wildman–Crippen LogP) is 5.29. The van der Waals surface area contributed by atoms with E-state index in [1.807, 2.05) is 34.7 Å². The number of anilines is 1. The molecule has 0 aliphatic carbocycles. The molecule has 10 heteroatoms. The van der Waals surface area contributed by atoms with Crippen molar-refractivity contribution in [3.63, 3.8) is 0 Å². The van der Waals surface area contributed by atoms with Crippen molar-refractivity contribution in [2.45, 2.75) is 13.5 Å². The number of benzene rings is 3. The average molecular weight is 619 g/mol. The van der Waals surface area contributed by atoms with E-state index in [9.17, 15) is 19.5 Å². The molecule has 2 N–H and O–H groups in total. The molecule has 1 heterocycles. The molecule has 0 atom stereocenters. The Bertz CT molecular complexity index is 1360. The van der Waals surface area contributed by atoms with Crippen molar-refractivity contribution in [1.82, 2.24) is 5.32 Å². The lowest BCUT2D eigenvalue weighted by molar-refractivity contribution is -0.122. The van der Waals surface area contributed by atoms with Gasteiger partial charge < -0.3 is 14.6 Å². The largest absolute Gasteiger partial charge is 0.504 e. The molecule has 0 bridgehead atoms. The Morgan fingerprint density at radius 3 is 2.39 bits per heavy atom. The molecule has 0 radical (unpaired) electrons. The Morgan fingerprint density at radius 1 is 1.03 bits per heavy atom. The van der Waals surface area contributed by atoms with E-state index >= 15 is 0 Å². The van der Waals surface area contributed by atoms with Gasteiger partial charge in [-0.2, -0.15) is 0 Å². The second-order valence-electron chi connectivity index (χ2n) is 7.65. The first-order valence-electron chi connectivity index (χ1n) is 10.8. The zero-order valence-corrected chi connectivity index (χ0v) is 21.9. The van der Waals surface area contributed by atoms with E-state index in [0.717, 1.165) is 10.5 Å². The van der Waals surface area contributed by atoms with Crippen molar-refractivity contribution in [3.05, 3.63) is 86.0 Å². The van der Waals surface area contributed by atoms with Crippen LogP contribution in [-0.2, 0) is 16.2 Å². The lowest BCUT2D eigenvalue weighted by Crippen LogP contribution is -2.54. The van der Waals surface area contributed by atoms with Crippen LogP contribution in [0, 0.1) is 3.57 Å². The van der Waals surface area contributed by atoms with Crippen molar-refractivity contribution in [2.24, 2.45) is 0 Å². The number of hydrogen-bond donors (Lipinski definition) is 2. The Balaban J connectivity index is 1.55. The molecule has 1 aliphatic rings. The number of nitrogens with one attached hydrogen (secondary N) is 1. The van der Waals surface area contributed by atoms with Crippen molar-refractivity contribution >= 4 is 63.8 Å². The van der Waals surface area contributed by atoms with Gasteiger partial charge in [-0.15, -0.1) is 0 Å². The summed E-state index contributed by atoms with van der Waals surface area (Å²) in [5.74, 6) is -0.867. The number of ether oxygens (including phenoxy) is 2. The minimum absolute atomic E-state index is 0.0332. The molecule has 3 aromatic rings. The summed E-state index contributed by atoms with van der Waals surface area (Å²) >= 11 is 7.82. The van der Waals surface area contributed by atoms with Crippen LogP contribution in [0.3, 0.4) is 0 Å². The van der Waals surface area contributed by atoms with Gasteiger partial charge >= 0.3 is 6.03 Å². The molecule has 0 spiro atoms. The molecule has 184 valence electrons. The smallest absolute Gasteiger partial charge is 0.335 e. The lowest BCUT2D eigenvalue weighted by atomic mass is 10.1. The molecular weight excluding hydrogens is 599 g/mol. The van der Waals surface area contributed by atoms with Gasteiger partial charge in [-0.25, -0.2) is 9.69 Å². The summed E-state index contributed by atoms with van der Waals surface area (Å²) in [4.78, 5) is 39.1. The number of hydrogen-bond acceptors (Lipinski definition) is 6. The van der Waals surface area contributed by atoms with E-state index in [4.69, 9.17) is 21.1 Å². The van der Waals surface area contributed by atoms with Gasteiger partial charge in [0.1, 0.15) is 17.9 Å². The monoisotopic (exact) mass is 618 g/mol. The number of barbiturate groups is 1. The van der Waals surface area contributed by atoms with Crippen LogP contribution in [0.2, 0.25) is 5.02 Å². The van der Waals surface area contributed by atoms with E-state index in [-0.39, 0.29) is 22.8 Å². The van der Waals surface area contributed by atoms with Gasteiger partial charge in [0.05, 0.1) is 15.9 Å². The van der Waals surface area contributed by atoms with Crippen LogP contribution in [0.1, 0.15) is 18.1 Å². The number of phenols is 1. The Kier molecular flexibility index (Phi) is 7.80. The van der Waals surface area contributed by atoms with Crippen molar-refractivity contribution in [3.8, 4) is 17.2 Å². The fourth-order valence-corrected chi connectivity index (χ4v) is 4.19. The van der Waals surface area contributed by atoms with Crippen molar-refractivity contribution in [2.75, 3.05) is 11.5 Å². The zero-order valence-electron chi connectivity index (χ0n) is 19.0. The maximum atomic E-state index is 13.2. The summed E-state index contributed by atoms with van der Waals surface area (Å²) in [6.07, 6.45) is 1.35. The number of amides is 4. The van der Waals surface area contributed by atoms with E-state index < -0.39 is 17.8 Å². The van der Waals surface area contributed by atoms with E-state index in [1.165, 1.54) is 12.1 Å². The fraction of sp³-hybridized carbons (Fsp3) is 0.115. The van der Waals surface area contributed by atoms with Crippen LogP contribution in [0.15, 0.2) is 66.2 Å². The molecule has 1 saturated heterocycles. The van der Waals surface area contributed by atoms with Crippen molar-refractivity contribution in [1.29, 1.82) is 0 Å². The van der Waals surface area contributed by atoms with Gasteiger partial charge in [0.25, 0.3) is 11.8 Å². The average Bonchev–Trinajstić information content (AvgIpc) is 2.85. The maximum absolute atomic E-state index is 13.2. The summed E-state index contributed by atoms with van der Waals surface area (Å²) < 4.78 is 11.7. The first-order valence-corrected chi connectivity index (χ1v) is 12.3.